The molecule has 1 unspecified atom stereocenters. The Kier molecular flexibility index (Phi) is 2.75. The molecule has 0 saturated carbocycles. The largest absolute Gasteiger partial charge is 0.396 e. The van der Waals surface area contributed by atoms with Gasteiger partial charge in [-0.25, -0.2) is 0 Å². The van der Waals surface area contributed by atoms with E-state index in [1.165, 1.54) is 33.4 Å². The Morgan fingerprint density at radius 2 is 1.90 bits per heavy atom. The number of fused-ring (bicyclic) bond motifs is 5. The third kappa shape index (κ3) is 1.66. The summed E-state index contributed by atoms with van der Waals surface area (Å²) in [7, 11) is 0. The highest BCUT2D eigenvalue weighted by atomic mass is 16.3. The fourth-order valence-electron chi connectivity index (χ4n) is 3.74. The minimum absolute atomic E-state index is 0.245. The van der Waals surface area contributed by atoms with E-state index in [0.717, 1.165) is 19.3 Å². The second kappa shape index (κ2) is 4.60. The molecule has 0 amide bonds. The van der Waals surface area contributed by atoms with Crippen LogP contribution >= 0.6 is 0 Å². The molecule has 2 aliphatic rings. The molecule has 2 aromatic rings. The molecule has 100 valence electrons. The number of aryl methyl sites for hydroxylation is 1. The van der Waals surface area contributed by atoms with Gasteiger partial charge < -0.3 is 5.11 Å². The van der Waals surface area contributed by atoms with E-state index in [9.17, 15) is 5.11 Å². The number of hydrogen-bond acceptors (Lipinski definition) is 1. The standard InChI is InChI=1S/C19H18O/c20-12-15-6-3-5-14-9-10-17-16-7-2-1-4-13(16)8-11-18(17)19(14)15/h1-5,7,9-10,15,20H,6,8,11-12H2. The van der Waals surface area contributed by atoms with Gasteiger partial charge in [0, 0.05) is 5.92 Å². The van der Waals surface area contributed by atoms with Crippen LogP contribution in [-0.4, -0.2) is 11.7 Å². The number of allylic oxidation sites excluding steroid dienone is 1. The SMILES string of the molecule is OCC1CC=Cc2ccc3c(c21)CCc1ccccc1-3. The number of aliphatic hydroxyl groups excluding tert-OH is 1. The van der Waals surface area contributed by atoms with Gasteiger partial charge >= 0.3 is 0 Å². The molecule has 4 rings (SSSR count). The third-order valence-electron chi connectivity index (χ3n) is 4.69. The molecule has 1 atom stereocenters. The Morgan fingerprint density at radius 1 is 1.00 bits per heavy atom. The predicted octanol–water partition coefficient (Wildman–Crippen LogP) is 3.95. The van der Waals surface area contributed by atoms with Crippen LogP contribution in [-0.2, 0) is 12.8 Å². The van der Waals surface area contributed by atoms with Crippen LogP contribution in [0.1, 0.15) is 34.6 Å². The Hall–Kier alpha value is -1.86. The summed E-state index contributed by atoms with van der Waals surface area (Å²) in [5.41, 5.74) is 8.36. The Bertz CT molecular complexity index is 697. The van der Waals surface area contributed by atoms with Crippen molar-refractivity contribution in [2.75, 3.05) is 6.61 Å². The maximum atomic E-state index is 9.70. The topological polar surface area (TPSA) is 20.2 Å². The van der Waals surface area contributed by atoms with Crippen LogP contribution in [0.3, 0.4) is 0 Å². The summed E-state index contributed by atoms with van der Waals surface area (Å²) >= 11 is 0. The lowest BCUT2D eigenvalue weighted by atomic mass is 9.76. The summed E-state index contributed by atoms with van der Waals surface area (Å²) in [4.78, 5) is 0. The van der Waals surface area contributed by atoms with Crippen molar-refractivity contribution in [2.24, 2.45) is 0 Å². The summed E-state index contributed by atoms with van der Waals surface area (Å²) in [6.07, 6.45) is 7.57. The van der Waals surface area contributed by atoms with Crippen LogP contribution in [0.5, 0.6) is 0 Å². The van der Waals surface area contributed by atoms with Crippen LogP contribution in [0.4, 0.5) is 0 Å². The van der Waals surface area contributed by atoms with Crippen molar-refractivity contribution >= 4 is 6.08 Å². The first-order chi connectivity index (χ1) is 9.88. The minimum atomic E-state index is 0.245. The van der Waals surface area contributed by atoms with Gasteiger partial charge in [-0.15, -0.1) is 0 Å². The lowest BCUT2D eigenvalue weighted by molar-refractivity contribution is 0.264. The highest BCUT2D eigenvalue weighted by molar-refractivity contribution is 5.77. The second-order valence-corrected chi connectivity index (χ2v) is 5.77. The number of rotatable bonds is 1. The van der Waals surface area contributed by atoms with Gasteiger partial charge in [0.25, 0.3) is 0 Å². The van der Waals surface area contributed by atoms with E-state index in [1.807, 2.05) is 0 Å². The zero-order valence-corrected chi connectivity index (χ0v) is 11.5. The van der Waals surface area contributed by atoms with Crippen molar-refractivity contribution in [3.05, 3.63) is 64.7 Å². The monoisotopic (exact) mass is 262 g/mol. The average molecular weight is 262 g/mol. The Morgan fingerprint density at radius 3 is 2.80 bits per heavy atom. The molecule has 0 radical (unpaired) electrons. The van der Waals surface area contributed by atoms with Crippen LogP contribution < -0.4 is 0 Å². The lowest BCUT2D eigenvalue weighted by Gasteiger charge is -2.29. The van der Waals surface area contributed by atoms with E-state index in [-0.39, 0.29) is 12.5 Å². The smallest absolute Gasteiger partial charge is 0.0503 e. The molecular formula is C19H18O. The quantitative estimate of drug-likeness (QED) is 0.825. The number of hydrogen-bond donors (Lipinski definition) is 1. The van der Waals surface area contributed by atoms with Crippen molar-refractivity contribution in [3.8, 4) is 11.1 Å². The normalized spacial score (nSPS) is 19.1. The molecule has 0 spiro atoms. The predicted molar refractivity (Wildman–Crippen MR) is 82.8 cm³/mol. The fourth-order valence-corrected chi connectivity index (χ4v) is 3.74. The lowest BCUT2D eigenvalue weighted by Crippen LogP contribution is -2.15. The molecule has 0 aromatic heterocycles. The van der Waals surface area contributed by atoms with Crippen LogP contribution in [0.15, 0.2) is 42.5 Å². The first kappa shape index (κ1) is 11.9. The van der Waals surface area contributed by atoms with Gasteiger partial charge in [0.05, 0.1) is 6.61 Å². The summed E-state index contributed by atoms with van der Waals surface area (Å²) in [5.74, 6) is 0.273. The maximum absolute atomic E-state index is 9.70. The van der Waals surface area contributed by atoms with E-state index >= 15 is 0 Å². The van der Waals surface area contributed by atoms with Gasteiger partial charge in [0.2, 0.25) is 0 Å². The molecule has 2 aromatic carbocycles. The molecule has 1 heteroatoms. The zero-order valence-electron chi connectivity index (χ0n) is 11.5. The van der Waals surface area contributed by atoms with E-state index in [0.29, 0.717) is 0 Å². The highest BCUT2D eigenvalue weighted by Gasteiger charge is 2.25. The maximum Gasteiger partial charge on any atom is 0.0503 e. The van der Waals surface area contributed by atoms with Crippen molar-refractivity contribution in [3.63, 3.8) is 0 Å². The van der Waals surface area contributed by atoms with Crippen LogP contribution in [0.25, 0.3) is 17.2 Å². The van der Waals surface area contributed by atoms with Crippen molar-refractivity contribution in [1.29, 1.82) is 0 Å². The van der Waals surface area contributed by atoms with Crippen molar-refractivity contribution < 1.29 is 5.11 Å². The highest BCUT2D eigenvalue weighted by Crippen LogP contribution is 2.41. The van der Waals surface area contributed by atoms with Gasteiger partial charge in [-0.2, -0.15) is 0 Å². The van der Waals surface area contributed by atoms with Crippen molar-refractivity contribution in [2.45, 2.75) is 25.2 Å². The molecule has 2 aliphatic carbocycles. The Balaban J connectivity index is 1.97. The summed E-state index contributed by atoms with van der Waals surface area (Å²) < 4.78 is 0. The molecular weight excluding hydrogens is 244 g/mol. The first-order valence-corrected chi connectivity index (χ1v) is 7.40. The van der Waals surface area contributed by atoms with Gasteiger partial charge in [-0.3, -0.25) is 0 Å². The van der Waals surface area contributed by atoms with Gasteiger partial charge in [0.15, 0.2) is 0 Å². The van der Waals surface area contributed by atoms with E-state index < -0.39 is 0 Å². The van der Waals surface area contributed by atoms with Crippen LogP contribution in [0, 0.1) is 0 Å². The number of aliphatic hydroxyl groups is 1. The molecule has 0 saturated heterocycles. The van der Waals surface area contributed by atoms with Gasteiger partial charge in [-0.1, -0.05) is 48.6 Å². The molecule has 1 N–H and O–H groups in total. The molecule has 0 aliphatic heterocycles. The van der Waals surface area contributed by atoms with Gasteiger partial charge in [0.1, 0.15) is 0 Å². The van der Waals surface area contributed by atoms with Crippen molar-refractivity contribution in [1.82, 2.24) is 0 Å². The van der Waals surface area contributed by atoms with Crippen LogP contribution in [0.2, 0.25) is 0 Å². The molecule has 0 heterocycles. The summed E-state index contributed by atoms with van der Waals surface area (Å²) in [6, 6.07) is 13.2. The van der Waals surface area contributed by atoms with E-state index in [1.54, 1.807) is 0 Å². The molecule has 1 nitrogen and oxygen atoms in total. The third-order valence-corrected chi connectivity index (χ3v) is 4.69. The zero-order chi connectivity index (χ0) is 13.5. The minimum Gasteiger partial charge on any atom is -0.396 e. The Labute approximate surface area is 119 Å². The second-order valence-electron chi connectivity index (χ2n) is 5.77. The average Bonchev–Trinajstić information content (AvgIpc) is 2.53. The summed E-state index contributed by atoms with van der Waals surface area (Å²) in [5, 5.41) is 9.70. The fraction of sp³-hybridized carbons (Fsp3) is 0.263. The first-order valence-electron chi connectivity index (χ1n) is 7.40. The molecule has 0 bridgehead atoms. The van der Waals surface area contributed by atoms with E-state index in [2.05, 4.69) is 48.6 Å². The van der Waals surface area contributed by atoms with Gasteiger partial charge in [-0.05, 0) is 52.6 Å². The molecule has 20 heavy (non-hydrogen) atoms. The number of benzene rings is 2. The van der Waals surface area contributed by atoms with E-state index in [4.69, 9.17) is 0 Å². The molecule has 0 fully saturated rings. The summed E-state index contributed by atoms with van der Waals surface area (Å²) in [6.45, 7) is 0.245.